The Hall–Kier alpha value is -1.13. The number of terminal acetylenes is 1. The Morgan fingerprint density at radius 3 is 2.69 bits per heavy atom. The van der Waals surface area contributed by atoms with Crippen molar-refractivity contribution < 1.29 is 4.74 Å². The van der Waals surface area contributed by atoms with Crippen LogP contribution in [0, 0.1) is 26.2 Å². The lowest BCUT2D eigenvalue weighted by Gasteiger charge is -2.15. The summed E-state index contributed by atoms with van der Waals surface area (Å²) in [7, 11) is 0. The smallest absolute Gasteiger partial charge is 0.123 e. The van der Waals surface area contributed by atoms with Crippen LogP contribution in [0.3, 0.4) is 0 Å². The maximum atomic E-state index is 6.23. The molecule has 0 atom stereocenters. The third kappa shape index (κ3) is 2.71. The van der Waals surface area contributed by atoms with E-state index >= 15 is 0 Å². The summed E-state index contributed by atoms with van der Waals surface area (Å²) in [6.45, 7) is 6.64. The molecule has 0 fully saturated rings. The van der Waals surface area contributed by atoms with Crippen molar-refractivity contribution in [1.29, 1.82) is 0 Å². The summed E-state index contributed by atoms with van der Waals surface area (Å²) < 4.78 is 5.62. The van der Waals surface area contributed by atoms with E-state index < -0.39 is 0 Å². The Morgan fingerprint density at radius 2 is 2.12 bits per heavy atom. The molecule has 0 saturated carbocycles. The maximum Gasteiger partial charge on any atom is 0.123 e. The van der Waals surface area contributed by atoms with Gasteiger partial charge in [-0.3, -0.25) is 0 Å². The summed E-state index contributed by atoms with van der Waals surface area (Å²) >= 11 is 6.23. The van der Waals surface area contributed by atoms with E-state index in [1.165, 1.54) is 0 Å². The van der Waals surface area contributed by atoms with Gasteiger partial charge < -0.3 is 4.74 Å². The zero-order chi connectivity index (χ0) is 12.1. The predicted octanol–water partition coefficient (Wildman–Crippen LogP) is 3.92. The van der Waals surface area contributed by atoms with E-state index in [1.807, 2.05) is 26.8 Å². The van der Waals surface area contributed by atoms with Gasteiger partial charge in [0.15, 0.2) is 0 Å². The van der Waals surface area contributed by atoms with Crippen molar-refractivity contribution in [3.8, 4) is 18.1 Å². The predicted molar refractivity (Wildman–Crippen MR) is 69.2 cm³/mol. The Balaban J connectivity index is 3.19. The van der Waals surface area contributed by atoms with Crippen LogP contribution in [0.25, 0.3) is 0 Å². The molecule has 0 aliphatic rings. The van der Waals surface area contributed by atoms with Gasteiger partial charge in [0.2, 0.25) is 0 Å². The first-order valence-electron chi connectivity index (χ1n) is 5.46. The molecule has 0 N–H and O–H groups in total. The lowest BCUT2D eigenvalue weighted by molar-refractivity contribution is 0.336. The average molecular weight is 237 g/mol. The molecule has 0 radical (unpaired) electrons. The van der Waals surface area contributed by atoms with Gasteiger partial charge in [0.05, 0.1) is 6.61 Å². The third-order valence-electron chi connectivity index (χ3n) is 2.59. The van der Waals surface area contributed by atoms with Gasteiger partial charge in [0.1, 0.15) is 5.75 Å². The summed E-state index contributed by atoms with van der Waals surface area (Å²) in [5.74, 6) is 3.56. The lowest BCUT2D eigenvalue weighted by atomic mass is 10.00. The number of hydrogen-bond acceptors (Lipinski definition) is 1. The SMILES string of the molecule is C#CCCc1c(OCC)cc(C)c(Cl)c1C. The maximum absolute atomic E-state index is 6.23. The van der Waals surface area contributed by atoms with Crippen molar-refractivity contribution in [1.82, 2.24) is 0 Å². The minimum Gasteiger partial charge on any atom is -0.494 e. The van der Waals surface area contributed by atoms with Crippen LogP contribution in [0.1, 0.15) is 30.0 Å². The Kier molecular flexibility index (Phi) is 4.71. The minimum absolute atomic E-state index is 0.656. The first-order chi connectivity index (χ1) is 7.61. The van der Waals surface area contributed by atoms with E-state index in [0.717, 1.165) is 33.9 Å². The molecule has 0 heterocycles. The summed E-state index contributed by atoms with van der Waals surface area (Å²) in [4.78, 5) is 0. The lowest BCUT2D eigenvalue weighted by Crippen LogP contribution is -2.01. The van der Waals surface area contributed by atoms with Crippen LogP contribution in [0.4, 0.5) is 0 Å². The second-order valence-electron chi connectivity index (χ2n) is 3.75. The van der Waals surface area contributed by atoms with Gasteiger partial charge in [0, 0.05) is 11.4 Å². The monoisotopic (exact) mass is 236 g/mol. The Bertz CT molecular complexity index is 416. The molecule has 0 bridgehead atoms. The van der Waals surface area contributed by atoms with Gasteiger partial charge in [-0.1, -0.05) is 11.6 Å². The number of ether oxygens (including phenoxy) is 1. The Morgan fingerprint density at radius 1 is 1.44 bits per heavy atom. The number of rotatable bonds is 4. The molecular formula is C14H17ClO. The van der Waals surface area contributed by atoms with Gasteiger partial charge >= 0.3 is 0 Å². The number of halogens is 1. The van der Waals surface area contributed by atoms with Gasteiger partial charge in [-0.25, -0.2) is 0 Å². The van der Waals surface area contributed by atoms with E-state index in [0.29, 0.717) is 13.0 Å². The van der Waals surface area contributed by atoms with Crippen LogP contribution in [0.5, 0.6) is 5.75 Å². The second-order valence-corrected chi connectivity index (χ2v) is 4.12. The van der Waals surface area contributed by atoms with E-state index in [4.69, 9.17) is 22.8 Å². The molecule has 1 aromatic rings. The number of aryl methyl sites for hydroxylation is 1. The van der Waals surface area contributed by atoms with Crippen LogP contribution in [-0.4, -0.2) is 6.61 Å². The minimum atomic E-state index is 0.656. The van der Waals surface area contributed by atoms with E-state index in [-0.39, 0.29) is 0 Å². The fraction of sp³-hybridized carbons (Fsp3) is 0.429. The fourth-order valence-corrected chi connectivity index (χ4v) is 1.92. The highest BCUT2D eigenvalue weighted by Crippen LogP contribution is 2.32. The zero-order valence-electron chi connectivity index (χ0n) is 10.1. The van der Waals surface area contributed by atoms with Crippen molar-refractivity contribution in [2.45, 2.75) is 33.6 Å². The summed E-state index contributed by atoms with van der Waals surface area (Å²) in [6, 6.07) is 1.99. The van der Waals surface area contributed by atoms with Crippen LogP contribution in [-0.2, 0) is 6.42 Å². The van der Waals surface area contributed by atoms with Gasteiger partial charge in [-0.2, -0.15) is 0 Å². The first kappa shape index (κ1) is 12.9. The van der Waals surface area contributed by atoms with Crippen molar-refractivity contribution in [3.05, 3.63) is 27.8 Å². The molecule has 1 aromatic carbocycles. The highest BCUT2D eigenvalue weighted by Gasteiger charge is 2.12. The van der Waals surface area contributed by atoms with E-state index in [2.05, 4.69) is 5.92 Å². The highest BCUT2D eigenvalue weighted by atomic mass is 35.5. The standard InChI is InChI=1S/C14H17ClO/c1-5-7-8-12-11(4)14(15)10(3)9-13(12)16-6-2/h1,9H,6-8H2,2-4H3. The van der Waals surface area contributed by atoms with Gasteiger partial charge in [-0.15, -0.1) is 12.3 Å². The molecule has 0 aliphatic heterocycles. The Labute approximate surface area is 103 Å². The van der Waals surface area contributed by atoms with Crippen LogP contribution >= 0.6 is 11.6 Å². The molecule has 0 amide bonds. The molecular weight excluding hydrogens is 220 g/mol. The molecule has 0 aliphatic carbocycles. The molecule has 1 nitrogen and oxygen atoms in total. The van der Waals surface area contributed by atoms with Gasteiger partial charge in [-0.05, 0) is 49.9 Å². The quantitative estimate of drug-likeness (QED) is 0.720. The van der Waals surface area contributed by atoms with E-state index in [9.17, 15) is 0 Å². The van der Waals surface area contributed by atoms with Crippen LogP contribution in [0.2, 0.25) is 5.02 Å². The summed E-state index contributed by atoms with van der Waals surface area (Å²) in [6.07, 6.45) is 6.82. The second kappa shape index (κ2) is 5.82. The molecule has 0 saturated heterocycles. The summed E-state index contributed by atoms with van der Waals surface area (Å²) in [5.41, 5.74) is 3.27. The van der Waals surface area contributed by atoms with Gasteiger partial charge in [0.25, 0.3) is 0 Å². The molecule has 16 heavy (non-hydrogen) atoms. The van der Waals surface area contributed by atoms with Crippen LogP contribution < -0.4 is 4.74 Å². The normalized spacial score (nSPS) is 9.94. The molecule has 0 spiro atoms. The van der Waals surface area contributed by atoms with Crippen molar-refractivity contribution in [2.24, 2.45) is 0 Å². The molecule has 0 unspecified atom stereocenters. The fourth-order valence-electron chi connectivity index (χ4n) is 1.75. The van der Waals surface area contributed by atoms with Crippen molar-refractivity contribution in [3.63, 3.8) is 0 Å². The largest absolute Gasteiger partial charge is 0.494 e. The number of hydrogen-bond donors (Lipinski definition) is 0. The molecule has 0 aromatic heterocycles. The third-order valence-corrected chi connectivity index (χ3v) is 3.17. The zero-order valence-corrected chi connectivity index (χ0v) is 10.8. The van der Waals surface area contributed by atoms with Crippen LogP contribution in [0.15, 0.2) is 6.07 Å². The summed E-state index contributed by atoms with van der Waals surface area (Å²) in [5, 5.41) is 0.815. The first-order valence-corrected chi connectivity index (χ1v) is 5.84. The van der Waals surface area contributed by atoms with E-state index in [1.54, 1.807) is 0 Å². The number of benzene rings is 1. The topological polar surface area (TPSA) is 9.23 Å². The van der Waals surface area contributed by atoms with Crippen molar-refractivity contribution >= 4 is 11.6 Å². The molecule has 2 heteroatoms. The average Bonchev–Trinajstić information content (AvgIpc) is 2.26. The molecule has 1 rings (SSSR count). The molecule has 86 valence electrons. The van der Waals surface area contributed by atoms with Crippen molar-refractivity contribution in [2.75, 3.05) is 6.61 Å². The highest BCUT2D eigenvalue weighted by molar-refractivity contribution is 6.32.